The monoisotopic (exact) mass is 515 g/mol. The second-order valence-electron chi connectivity index (χ2n) is 8.61. The van der Waals surface area contributed by atoms with E-state index in [1.807, 2.05) is 28.0 Å². The molecular weight excluding hydrogens is 486 g/mol. The first-order valence-electron chi connectivity index (χ1n) is 11.6. The van der Waals surface area contributed by atoms with Crippen LogP contribution in [0.2, 0.25) is 0 Å². The number of benzene rings is 1. The van der Waals surface area contributed by atoms with Gasteiger partial charge >= 0.3 is 5.97 Å². The highest BCUT2D eigenvalue weighted by atomic mass is 16.6. The van der Waals surface area contributed by atoms with Gasteiger partial charge in [0.2, 0.25) is 0 Å². The fourth-order valence-corrected chi connectivity index (χ4v) is 4.25. The van der Waals surface area contributed by atoms with Gasteiger partial charge in [0.05, 0.1) is 22.9 Å². The van der Waals surface area contributed by atoms with Crippen LogP contribution in [-0.2, 0) is 43.4 Å². The largest absolute Gasteiger partial charge is 0.480 e. The van der Waals surface area contributed by atoms with Gasteiger partial charge in [0, 0.05) is 50.9 Å². The lowest BCUT2D eigenvalue weighted by atomic mass is 10.0. The van der Waals surface area contributed by atoms with Crippen molar-refractivity contribution in [3.8, 4) is 0 Å². The second-order valence-corrected chi connectivity index (χ2v) is 8.61. The summed E-state index contributed by atoms with van der Waals surface area (Å²) in [4.78, 5) is 54.3. The van der Waals surface area contributed by atoms with E-state index >= 15 is 0 Å². The molecule has 0 amide bonds. The molecule has 37 heavy (non-hydrogen) atoms. The molecule has 1 atom stereocenters. The number of nitro benzene ring substituents is 1. The Labute approximate surface area is 213 Å². The molecule has 1 aromatic carbocycles. The minimum atomic E-state index is -0.995. The number of aliphatic carboxylic acids is 1. The number of ether oxygens (including phenoxy) is 2. The average Bonchev–Trinajstić information content (AvgIpc) is 2.86. The van der Waals surface area contributed by atoms with E-state index in [2.05, 4.69) is 4.98 Å². The third-order valence-corrected chi connectivity index (χ3v) is 5.94. The third-order valence-electron chi connectivity index (χ3n) is 5.94. The van der Waals surface area contributed by atoms with E-state index < -0.39 is 10.9 Å². The molecule has 198 valence electrons. The number of hydrogen-bond donors (Lipinski definition) is 1. The predicted octanol–water partition coefficient (Wildman–Crippen LogP) is 0.866. The Morgan fingerprint density at radius 1 is 1.03 bits per heavy atom. The van der Waals surface area contributed by atoms with Gasteiger partial charge in [-0.2, -0.15) is 0 Å². The number of carbonyl (C=O) groups is 3. The zero-order chi connectivity index (χ0) is 26.6. The quantitative estimate of drug-likeness (QED) is 0.256. The summed E-state index contributed by atoms with van der Waals surface area (Å²) in [5, 5.41) is 20.6. The van der Waals surface area contributed by atoms with Crippen LogP contribution < -0.4 is 0 Å². The van der Waals surface area contributed by atoms with Gasteiger partial charge in [-0.15, -0.1) is 0 Å². The number of hydrogen-bond acceptors (Lipinski definition) is 11. The first-order chi connectivity index (χ1) is 17.9. The SMILES string of the molecule is O=COCN1CCN(COC=O)C(Cc2ccc([N+](=O)[O-])cc2)CN(CC(=O)O)Cc2cccc(n2)C1. The number of aromatic nitrogens is 1. The Kier molecular flexibility index (Phi) is 10.4. The number of nitro groups is 1. The lowest BCUT2D eigenvalue weighted by Crippen LogP contribution is -2.50. The minimum absolute atomic E-state index is 0.0344. The van der Waals surface area contributed by atoms with Crippen LogP contribution in [0.3, 0.4) is 0 Å². The van der Waals surface area contributed by atoms with Gasteiger partial charge in [-0.3, -0.25) is 44.2 Å². The summed E-state index contributed by atoms with van der Waals surface area (Å²) >= 11 is 0. The standard InChI is InChI=1S/C24H29N5O8/c30-17-36-15-26-8-9-28(16-37-18-31)23(10-19-4-6-22(7-5-19)29(34)35)13-27(14-24(32)33)12-21-3-1-2-20(11-26)25-21/h1-7,17-18,23H,8-16H2,(H,32,33). The summed E-state index contributed by atoms with van der Waals surface area (Å²) in [6.45, 7) is 2.24. The van der Waals surface area contributed by atoms with Crippen molar-refractivity contribution in [1.29, 1.82) is 0 Å². The summed E-state index contributed by atoms with van der Waals surface area (Å²) in [5.41, 5.74) is 2.18. The van der Waals surface area contributed by atoms with Crippen LogP contribution in [0.15, 0.2) is 42.5 Å². The molecule has 3 rings (SSSR count). The first kappa shape index (κ1) is 27.6. The Morgan fingerprint density at radius 2 is 1.68 bits per heavy atom. The lowest BCUT2D eigenvalue weighted by Gasteiger charge is -2.36. The molecule has 2 heterocycles. The van der Waals surface area contributed by atoms with E-state index in [0.29, 0.717) is 51.2 Å². The van der Waals surface area contributed by atoms with Crippen molar-refractivity contribution in [2.75, 3.05) is 39.6 Å². The number of carboxylic acids is 1. The Balaban J connectivity index is 1.95. The van der Waals surface area contributed by atoms with Crippen molar-refractivity contribution in [2.45, 2.75) is 25.6 Å². The maximum absolute atomic E-state index is 11.7. The molecule has 1 aliphatic heterocycles. The van der Waals surface area contributed by atoms with E-state index in [4.69, 9.17) is 9.47 Å². The maximum atomic E-state index is 11.7. The molecule has 1 aliphatic rings. The number of carbonyl (C=O) groups excluding carboxylic acids is 2. The molecule has 0 saturated carbocycles. The van der Waals surface area contributed by atoms with Crippen LogP contribution >= 0.6 is 0 Å². The smallest absolute Gasteiger partial charge is 0.317 e. The van der Waals surface area contributed by atoms with Crippen LogP contribution in [0.4, 0.5) is 5.69 Å². The van der Waals surface area contributed by atoms with Gasteiger partial charge in [0.1, 0.15) is 13.5 Å². The summed E-state index contributed by atoms with van der Waals surface area (Å²) in [7, 11) is 0. The van der Waals surface area contributed by atoms with Crippen LogP contribution in [0, 0.1) is 10.1 Å². The van der Waals surface area contributed by atoms with Gasteiger partial charge in [0.25, 0.3) is 18.6 Å². The molecule has 13 nitrogen and oxygen atoms in total. The lowest BCUT2D eigenvalue weighted by molar-refractivity contribution is -0.384. The third kappa shape index (κ3) is 8.90. The average molecular weight is 516 g/mol. The van der Waals surface area contributed by atoms with Gasteiger partial charge in [-0.05, 0) is 24.1 Å². The predicted molar refractivity (Wildman–Crippen MR) is 129 cm³/mol. The number of carboxylic acid groups (broad SMARTS) is 1. The maximum Gasteiger partial charge on any atom is 0.317 e. The number of non-ortho nitro benzene ring substituents is 1. The van der Waals surface area contributed by atoms with Crippen molar-refractivity contribution < 1.29 is 33.9 Å². The van der Waals surface area contributed by atoms with E-state index in [9.17, 15) is 29.6 Å². The molecule has 2 aromatic rings. The highest BCUT2D eigenvalue weighted by molar-refractivity contribution is 5.69. The van der Waals surface area contributed by atoms with E-state index in [-0.39, 0.29) is 38.3 Å². The van der Waals surface area contributed by atoms with Crippen molar-refractivity contribution in [1.82, 2.24) is 19.7 Å². The molecule has 0 fully saturated rings. The summed E-state index contributed by atoms with van der Waals surface area (Å²) in [6, 6.07) is 11.3. The molecule has 1 aromatic heterocycles. The van der Waals surface area contributed by atoms with Crippen LogP contribution in [0.25, 0.3) is 0 Å². The fourth-order valence-electron chi connectivity index (χ4n) is 4.25. The Morgan fingerprint density at radius 3 is 2.30 bits per heavy atom. The van der Waals surface area contributed by atoms with Gasteiger partial charge in [-0.1, -0.05) is 18.2 Å². The van der Waals surface area contributed by atoms with Gasteiger partial charge < -0.3 is 14.6 Å². The molecule has 1 unspecified atom stereocenters. The highest BCUT2D eigenvalue weighted by Gasteiger charge is 2.26. The summed E-state index contributed by atoms with van der Waals surface area (Å²) < 4.78 is 10.1. The molecule has 1 N–H and O–H groups in total. The molecule has 0 radical (unpaired) electrons. The van der Waals surface area contributed by atoms with Crippen molar-refractivity contribution in [3.63, 3.8) is 0 Å². The minimum Gasteiger partial charge on any atom is -0.480 e. The zero-order valence-electron chi connectivity index (χ0n) is 20.2. The summed E-state index contributed by atoms with van der Waals surface area (Å²) in [6.07, 6.45) is 0.411. The number of rotatable bonds is 11. The fraction of sp³-hybridized carbons (Fsp3) is 0.417. The van der Waals surface area contributed by atoms with Crippen molar-refractivity contribution >= 4 is 24.6 Å². The van der Waals surface area contributed by atoms with E-state index in [1.54, 1.807) is 17.0 Å². The second kappa shape index (κ2) is 14.0. The molecule has 2 bridgehead atoms. The van der Waals surface area contributed by atoms with Crippen LogP contribution in [0.5, 0.6) is 0 Å². The normalized spacial score (nSPS) is 17.7. The molecule has 13 heteroatoms. The zero-order valence-corrected chi connectivity index (χ0v) is 20.2. The highest BCUT2D eigenvalue weighted by Crippen LogP contribution is 2.18. The van der Waals surface area contributed by atoms with Crippen molar-refractivity contribution in [2.24, 2.45) is 0 Å². The Bertz CT molecular complexity index is 1070. The van der Waals surface area contributed by atoms with E-state index in [1.165, 1.54) is 12.1 Å². The van der Waals surface area contributed by atoms with Gasteiger partial charge in [-0.25, -0.2) is 0 Å². The molecule has 0 aliphatic carbocycles. The number of pyridine rings is 1. The van der Waals surface area contributed by atoms with E-state index in [0.717, 1.165) is 11.3 Å². The number of nitrogens with zero attached hydrogens (tertiary/aromatic N) is 5. The Hall–Kier alpha value is -3.94. The molecule has 0 saturated heterocycles. The number of fused-ring (bicyclic) bond motifs is 2. The van der Waals surface area contributed by atoms with Crippen LogP contribution in [-0.4, -0.2) is 94.3 Å². The summed E-state index contributed by atoms with van der Waals surface area (Å²) in [5.74, 6) is -0.995. The van der Waals surface area contributed by atoms with Crippen molar-refractivity contribution in [3.05, 3.63) is 69.5 Å². The topological polar surface area (TPSA) is 156 Å². The van der Waals surface area contributed by atoms with Crippen LogP contribution in [0.1, 0.15) is 17.0 Å². The molecular formula is C24H29N5O8. The first-order valence-corrected chi connectivity index (χ1v) is 11.6. The van der Waals surface area contributed by atoms with Gasteiger partial charge in [0.15, 0.2) is 0 Å². The molecule has 0 spiro atoms.